The highest BCUT2D eigenvalue weighted by atomic mass is 32.1. The standard InChI is InChI=1S/C4H9NOS/c1-3(6)4(5)2-7/h4,7H,2,5H2,1H3. The smallest absolute Gasteiger partial charge is 0.147 e. The van der Waals surface area contributed by atoms with Crippen LogP contribution in [0.3, 0.4) is 0 Å². The first-order chi connectivity index (χ1) is 3.18. The maximum atomic E-state index is 10.2. The molecule has 2 N–H and O–H groups in total. The first-order valence-corrected chi connectivity index (χ1v) is 2.68. The van der Waals surface area contributed by atoms with Crippen molar-refractivity contribution < 1.29 is 4.79 Å². The molecule has 0 aliphatic carbocycles. The van der Waals surface area contributed by atoms with Gasteiger partial charge in [0.2, 0.25) is 0 Å². The molecule has 0 aromatic rings. The Hall–Kier alpha value is -0.0200. The third kappa shape index (κ3) is 2.65. The zero-order chi connectivity index (χ0) is 5.86. The molecule has 0 aliphatic heterocycles. The molecule has 0 bridgehead atoms. The van der Waals surface area contributed by atoms with E-state index in [-0.39, 0.29) is 11.8 Å². The molecule has 0 saturated carbocycles. The van der Waals surface area contributed by atoms with Gasteiger partial charge in [-0.25, -0.2) is 0 Å². The number of rotatable bonds is 2. The lowest BCUT2D eigenvalue weighted by Gasteiger charge is -1.98. The van der Waals surface area contributed by atoms with Gasteiger partial charge in [0.15, 0.2) is 0 Å². The van der Waals surface area contributed by atoms with Crippen LogP contribution in [0, 0.1) is 0 Å². The highest BCUT2D eigenvalue weighted by Crippen LogP contribution is 1.82. The zero-order valence-electron chi connectivity index (χ0n) is 4.22. The molecule has 0 rings (SSSR count). The minimum atomic E-state index is -0.372. The minimum Gasteiger partial charge on any atom is -0.321 e. The molecule has 0 radical (unpaired) electrons. The van der Waals surface area contributed by atoms with Crippen molar-refractivity contribution in [2.75, 3.05) is 5.75 Å². The second kappa shape index (κ2) is 3.04. The van der Waals surface area contributed by atoms with Gasteiger partial charge in [0, 0.05) is 5.75 Å². The number of Topliss-reactive ketones (excluding diaryl/α,β-unsaturated/α-hetero) is 1. The Morgan fingerprint density at radius 1 is 2.00 bits per heavy atom. The third-order valence-electron chi connectivity index (χ3n) is 0.719. The molecule has 0 saturated heterocycles. The summed E-state index contributed by atoms with van der Waals surface area (Å²) < 4.78 is 0. The predicted octanol–water partition coefficient (Wildman–Crippen LogP) is -0.167. The van der Waals surface area contributed by atoms with Crippen molar-refractivity contribution in [1.82, 2.24) is 0 Å². The number of hydrogen-bond donors (Lipinski definition) is 2. The quantitative estimate of drug-likeness (QED) is 0.496. The first-order valence-electron chi connectivity index (χ1n) is 2.05. The number of nitrogens with two attached hydrogens (primary N) is 1. The van der Waals surface area contributed by atoms with Gasteiger partial charge in [-0.05, 0) is 6.92 Å². The zero-order valence-corrected chi connectivity index (χ0v) is 5.11. The summed E-state index contributed by atoms with van der Waals surface area (Å²) in [6.07, 6.45) is 0. The van der Waals surface area contributed by atoms with E-state index in [4.69, 9.17) is 5.73 Å². The Morgan fingerprint density at radius 2 is 2.43 bits per heavy atom. The van der Waals surface area contributed by atoms with Crippen LogP contribution in [-0.2, 0) is 4.79 Å². The number of thiol groups is 1. The predicted molar refractivity (Wildman–Crippen MR) is 32.5 cm³/mol. The van der Waals surface area contributed by atoms with Crippen LogP contribution in [-0.4, -0.2) is 17.6 Å². The Kier molecular flexibility index (Phi) is 3.04. The van der Waals surface area contributed by atoms with E-state index in [2.05, 4.69) is 12.6 Å². The Bertz CT molecular complexity index is 74.1. The number of hydrogen-bond acceptors (Lipinski definition) is 3. The molecular weight excluding hydrogens is 110 g/mol. The molecule has 0 amide bonds. The molecule has 7 heavy (non-hydrogen) atoms. The van der Waals surface area contributed by atoms with Crippen molar-refractivity contribution in [3.05, 3.63) is 0 Å². The fourth-order valence-electron chi connectivity index (χ4n) is 0.129. The third-order valence-corrected chi connectivity index (χ3v) is 1.11. The van der Waals surface area contributed by atoms with E-state index in [9.17, 15) is 4.79 Å². The van der Waals surface area contributed by atoms with Crippen molar-refractivity contribution in [1.29, 1.82) is 0 Å². The van der Waals surface area contributed by atoms with Crippen molar-refractivity contribution in [3.63, 3.8) is 0 Å². The molecular formula is C4H9NOS. The van der Waals surface area contributed by atoms with E-state index in [1.54, 1.807) is 0 Å². The van der Waals surface area contributed by atoms with E-state index in [0.717, 1.165) is 0 Å². The summed E-state index contributed by atoms with van der Waals surface area (Å²) in [6.45, 7) is 1.46. The molecule has 42 valence electrons. The second-order valence-electron chi connectivity index (χ2n) is 1.40. The van der Waals surface area contributed by atoms with Gasteiger partial charge in [-0.1, -0.05) is 0 Å². The SMILES string of the molecule is CC(=O)C(N)CS. The molecule has 0 fully saturated rings. The fourth-order valence-corrected chi connectivity index (χ4v) is 0.386. The Balaban J connectivity index is 3.34. The van der Waals surface area contributed by atoms with Crippen LogP contribution in [0.4, 0.5) is 0 Å². The van der Waals surface area contributed by atoms with Crippen molar-refractivity contribution in [2.24, 2.45) is 5.73 Å². The van der Waals surface area contributed by atoms with Crippen LogP contribution in [0.25, 0.3) is 0 Å². The first kappa shape index (κ1) is 6.98. The highest BCUT2D eigenvalue weighted by Gasteiger charge is 2.02. The summed E-state index contributed by atoms with van der Waals surface area (Å²) in [5.41, 5.74) is 5.19. The monoisotopic (exact) mass is 119 g/mol. The molecule has 0 aromatic heterocycles. The second-order valence-corrected chi connectivity index (χ2v) is 1.76. The van der Waals surface area contributed by atoms with Gasteiger partial charge < -0.3 is 5.73 Å². The molecule has 0 heterocycles. The molecule has 2 nitrogen and oxygen atoms in total. The van der Waals surface area contributed by atoms with Gasteiger partial charge in [0.25, 0.3) is 0 Å². The lowest BCUT2D eigenvalue weighted by atomic mass is 10.3. The largest absolute Gasteiger partial charge is 0.321 e. The number of carbonyl (C=O) groups is 1. The minimum absolute atomic E-state index is 0.00463. The van der Waals surface area contributed by atoms with Gasteiger partial charge >= 0.3 is 0 Å². The van der Waals surface area contributed by atoms with Crippen molar-refractivity contribution in [2.45, 2.75) is 13.0 Å². The van der Waals surface area contributed by atoms with Gasteiger partial charge in [-0.2, -0.15) is 12.6 Å². The summed E-state index contributed by atoms with van der Waals surface area (Å²) >= 11 is 3.81. The van der Waals surface area contributed by atoms with E-state index in [1.165, 1.54) is 6.92 Å². The summed E-state index contributed by atoms with van der Waals surface area (Å²) in [6, 6.07) is -0.372. The molecule has 1 atom stereocenters. The number of ketones is 1. The summed E-state index contributed by atoms with van der Waals surface area (Å²) in [5.74, 6) is 0.435. The van der Waals surface area contributed by atoms with Gasteiger partial charge in [-0.3, -0.25) is 4.79 Å². The van der Waals surface area contributed by atoms with Crippen LogP contribution in [0.5, 0.6) is 0 Å². The maximum Gasteiger partial charge on any atom is 0.147 e. The van der Waals surface area contributed by atoms with E-state index in [1.807, 2.05) is 0 Å². The van der Waals surface area contributed by atoms with Crippen LogP contribution in [0.1, 0.15) is 6.92 Å². The van der Waals surface area contributed by atoms with Crippen molar-refractivity contribution >= 4 is 18.4 Å². The van der Waals surface area contributed by atoms with Crippen LogP contribution in [0.2, 0.25) is 0 Å². The van der Waals surface area contributed by atoms with Crippen molar-refractivity contribution in [3.8, 4) is 0 Å². The molecule has 0 aromatic carbocycles. The lowest BCUT2D eigenvalue weighted by Crippen LogP contribution is -2.29. The Morgan fingerprint density at radius 3 is 2.43 bits per heavy atom. The van der Waals surface area contributed by atoms with Gasteiger partial charge in [-0.15, -0.1) is 0 Å². The summed E-state index contributed by atoms with van der Waals surface area (Å²) in [7, 11) is 0. The van der Waals surface area contributed by atoms with Crippen LogP contribution >= 0.6 is 12.6 Å². The molecule has 3 heteroatoms. The van der Waals surface area contributed by atoms with E-state index in [0.29, 0.717) is 5.75 Å². The van der Waals surface area contributed by atoms with Gasteiger partial charge in [0.05, 0.1) is 6.04 Å². The normalized spacial score (nSPS) is 13.6. The Labute approximate surface area is 48.5 Å². The maximum absolute atomic E-state index is 10.2. The average Bonchev–Trinajstić information content (AvgIpc) is 1.65. The van der Waals surface area contributed by atoms with Crippen LogP contribution < -0.4 is 5.73 Å². The molecule has 0 aliphatic rings. The topological polar surface area (TPSA) is 43.1 Å². The summed E-state index contributed by atoms with van der Waals surface area (Å²) in [4.78, 5) is 10.2. The highest BCUT2D eigenvalue weighted by molar-refractivity contribution is 7.80. The fraction of sp³-hybridized carbons (Fsp3) is 0.750. The van der Waals surface area contributed by atoms with E-state index >= 15 is 0 Å². The lowest BCUT2D eigenvalue weighted by molar-refractivity contribution is -0.117. The number of carbonyl (C=O) groups excluding carboxylic acids is 1. The van der Waals surface area contributed by atoms with Crippen LogP contribution in [0.15, 0.2) is 0 Å². The average molecular weight is 119 g/mol. The summed E-state index contributed by atoms with van der Waals surface area (Å²) in [5, 5.41) is 0. The molecule has 0 spiro atoms. The molecule has 1 unspecified atom stereocenters. The van der Waals surface area contributed by atoms with Gasteiger partial charge in [0.1, 0.15) is 5.78 Å². The van der Waals surface area contributed by atoms with E-state index < -0.39 is 0 Å².